The molecule has 0 bridgehead atoms. The lowest BCUT2D eigenvalue weighted by atomic mass is 10.0. The molecule has 0 radical (unpaired) electrons. The molecule has 1 fully saturated rings. The minimum absolute atomic E-state index is 0.287. The third-order valence-electron chi connectivity index (χ3n) is 3.99. The summed E-state index contributed by atoms with van der Waals surface area (Å²) < 4.78 is 0. The Labute approximate surface area is 120 Å². The van der Waals surface area contributed by atoms with Gasteiger partial charge in [0.15, 0.2) is 0 Å². The molecular weight excluding hydrogens is 252 g/mol. The highest BCUT2D eigenvalue weighted by molar-refractivity contribution is 5.76. The second-order valence-corrected chi connectivity index (χ2v) is 5.53. The fraction of sp³-hybridized carbons (Fsp3) is 0.600. The summed E-state index contributed by atoms with van der Waals surface area (Å²) in [5.41, 5.74) is 6.67. The Bertz CT molecular complexity index is 438. The Morgan fingerprint density at radius 1 is 1.35 bits per heavy atom. The number of amides is 1. The Kier molecular flexibility index (Phi) is 4.82. The molecule has 1 aromatic rings. The van der Waals surface area contributed by atoms with E-state index in [9.17, 15) is 4.79 Å². The van der Waals surface area contributed by atoms with Crippen molar-refractivity contribution in [2.75, 3.05) is 36.8 Å². The molecule has 0 aromatic carbocycles. The lowest BCUT2D eigenvalue weighted by molar-refractivity contribution is -0.132. The average Bonchev–Trinajstić information content (AvgIpc) is 2.48. The van der Waals surface area contributed by atoms with Crippen molar-refractivity contribution in [1.29, 1.82) is 0 Å². The van der Waals surface area contributed by atoms with Crippen LogP contribution in [0.5, 0.6) is 0 Å². The summed E-state index contributed by atoms with van der Waals surface area (Å²) in [5.74, 6) is 1.30. The maximum atomic E-state index is 12.1. The lowest BCUT2D eigenvalue weighted by Gasteiger charge is -2.36. The summed E-state index contributed by atoms with van der Waals surface area (Å²) in [6.45, 7) is 7.56. The predicted octanol–water partition coefficient (Wildman–Crippen LogP) is 1.75. The Morgan fingerprint density at radius 3 is 2.60 bits per heavy atom. The second kappa shape index (κ2) is 6.59. The minimum Gasteiger partial charge on any atom is -0.384 e. The molecule has 1 atom stereocenters. The van der Waals surface area contributed by atoms with Crippen LogP contribution in [-0.4, -0.2) is 42.0 Å². The molecule has 5 nitrogen and oxygen atoms in total. The SMILES string of the molecule is CCC(C)CC(=O)N1CCN(c2ccc(N)nc2)CC1. The van der Waals surface area contributed by atoms with Gasteiger partial charge < -0.3 is 15.5 Å². The standard InChI is InChI=1S/C15H24N4O/c1-3-12(2)10-15(20)19-8-6-18(7-9-19)13-4-5-14(16)17-11-13/h4-5,11-12H,3,6-10H2,1-2H3,(H2,16,17). The van der Waals surface area contributed by atoms with Gasteiger partial charge in [-0.3, -0.25) is 4.79 Å². The number of carbonyl (C=O) groups is 1. The fourth-order valence-electron chi connectivity index (χ4n) is 2.37. The Morgan fingerprint density at radius 2 is 2.05 bits per heavy atom. The van der Waals surface area contributed by atoms with Crippen molar-refractivity contribution in [1.82, 2.24) is 9.88 Å². The molecule has 1 aliphatic rings. The van der Waals surface area contributed by atoms with Gasteiger partial charge in [0.25, 0.3) is 0 Å². The van der Waals surface area contributed by atoms with Gasteiger partial charge in [-0.05, 0) is 18.1 Å². The van der Waals surface area contributed by atoms with Gasteiger partial charge in [0.05, 0.1) is 11.9 Å². The van der Waals surface area contributed by atoms with Crippen molar-refractivity contribution in [3.8, 4) is 0 Å². The van der Waals surface area contributed by atoms with E-state index in [-0.39, 0.29) is 5.91 Å². The number of nitrogens with two attached hydrogens (primary N) is 1. The summed E-state index contributed by atoms with van der Waals surface area (Å²) in [6, 6.07) is 3.80. The molecule has 20 heavy (non-hydrogen) atoms. The predicted molar refractivity (Wildman–Crippen MR) is 81.5 cm³/mol. The first-order chi connectivity index (χ1) is 9.60. The number of aromatic nitrogens is 1. The molecule has 2 rings (SSSR count). The molecule has 1 saturated heterocycles. The molecule has 110 valence electrons. The summed E-state index contributed by atoms with van der Waals surface area (Å²) in [7, 11) is 0. The molecule has 1 aromatic heterocycles. The molecule has 1 unspecified atom stereocenters. The number of anilines is 2. The van der Waals surface area contributed by atoms with E-state index in [2.05, 4.69) is 23.7 Å². The highest BCUT2D eigenvalue weighted by atomic mass is 16.2. The largest absolute Gasteiger partial charge is 0.384 e. The minimum atomic E-state index is 0.287. The Balaban J connectivity index is 1.86. The summed E-state index contributed by atoms with van der Waals surface area (Å²) in [6.07, 6.45) is 3.52. The van der Waals surface area contributed by atoms with E-state index >= 15 is 0 Å². The Hall–Kier alpha value is -1.78. The summed E-state index contributed by atoms with van der Waals surface area (Å²) in [4.78, 5) is 20.5. The zero-order chi connectivity index (χ0) is 14.5. The van der Waals surface area contributed by atoms with Crippen LogP contribution in [0, 0.1) is 5.92 Å². The van der Waals surface area contributed by atoms with Gasteiger partial charge in [-0.2, -0.15) is 0 Å². The number of pyridine rings is 1. The van der Waals surface area contributed by atoms with Crippen LogP contribution >= 0.6 is 0 Å². The van der Waals surface area contributed by atoms with E-state index in [1.165, 1.54) is 0 Å². The maximum Gasteiger partial charge on any atom is 0.222 e. The van der Waals surface area contributed by atoms with E-state index in [0.717, 1.165) is 38.3 Å². The topological polar surface area (TPSA) is 62.5 Å². The van der Waals surface area contributed by atoms with E-state index in [1.807, 2.05) is 17.0 Å². The van der Waals surface area contributed by atoms with Gasteiger partial charge in [-0.25, -0.2) is 4.98 Å². The molecule has 1 amide bonds. The summed E-state index contributed by atoms with van der Waals surface area (Å²) in [5, 5.41) is 0. The molecule has 0 saturated carbocycles. The van der Waals surface area contributed by atoms with Gasteiger partial charge in [-0.15, -0.1) is 0 Å². The highest BCUT2D eigenvalue weighted by Crippen LogP contribution is 2.17. The lowest BCUT2D eigenvalue weighted by Crippen LogP contribution is -2.49. The van der Waals surface area contributed by atoms with Crippen LogP contribution in [0.4, 0.5) is 11.5 Å². The molecule has 2 heterocycles. The third kappa shape index (κ3) is 3.62. The second-order valence-electron chi connectivity index (χ2n) is 5.53. The van der Waals surface area contributed by atoms with Crippen molar-refractivity contribution < 1.29 is 4.79 Å². The number of rotatable bonds is 4. The normalized spacial score (nSPS) is 17.1. The van der Waals surface area contributed by atoms with Crippen molar-refractivity contribution in [2.45, 2.75) is 26.7 Å². The van der Waals surface area contributed by atoms with E-state index in [0.29, 0.717) is 18.2 Å². The van der Waals surface area contributed by atoms with Crippen LogP contribution < -0.4 is 10.6 Å². The molecule has 2 N–H and O–H groups in total. The van der Waals surface area contributed by atoms with Crippen LogP contribution in [0.1, 0.15) is 26.7 Å². The smallest absolute Gasteiger partial charge is 0.222 e. The number of piperazine rings is 1. The molecular formula is C15H24N4O. The highest BCUT2D eigenvalue weighted by Gasteiger charge is 2.22. The molecule has 1 aliphatic heterocycles. The van der Waals surface area contributed by atoms with Gasteiger partial charge in [-0.1, -0.05) is 20.3 Å². The fourth-order valence-corrected chi connectivity index (χ4v) is 2.37. The summed E-state index contributed by atoms with van der Waals surface area (Å²) >= 11 is 0. The molecule has 0 spiro atoms. The van der Waals surface area contributed by atoms with Crippen molar-refractivity contribution in [3.63, 3.8) is 0 Å². The molecule has 0 aliphatic carbocycles. The van der Waals surface area contributed by atoms with E-state index in [4.69, 9.17) is 5.73 Å². The number of nitrogens with zero attached hydrogens (tertiary/aromatic N) is 3. The first kappa shape index (κ1) is 14.6. The van der Waals surface area contributed by atoms with Crippen LogP contribution in [-0.2, 0) is 4.79 Å². The zero-order valence-corrected chi connectivity index (χ0v) is 12.4. The number of carbonyl (C=O) groups excluding carboxylic acids is 1. The van der Waals surface area contributed by atoms with E-state index < -0.39 is 0 Å². The monoisotopic (exact) mass is 276 g/mol. The first-order valence-electron chi connectivity index (χ1n) is 7.34. The van der Waals surface area contributed by atoms with Gasteiger partial charge >= 0.3 is 0 Å². The van der Waals surface area contributed by atoms with Gasteiger partial charge in [0.1, 0.15) is 5.82 Å². The third-order valence-corrected chi connectivity index (χ3v) is 3.99. The van der Waals surface area contributed by atoms with Crippen molar-refractivity contribution >= 4 is 17.4 Å². The van der Waals surface area contributed by atoms with Crippen LogP contribution in [0.2, 0.25) is 0 Å². The van der Waals surface area contributed by atoms with Gasteiger partial charge in [0.2, 0.25) is 5.91 Å². The number of hydrogen-bond acceptors (Lipinski definition) is 4. The van der Waals surface area contributed by atoms with Crippen LogP contribution in [0.3, 0.4) is 0 Å². The van der Waals surface area contributed by atoms with Crippen LogP contribution in [0.15, 0.2) is 18.3 Å². The maximum absolute atomic E-state index is 12.1. The zero-order valence-electron chi connectivity index (χ0n) is 12.4. The number of nitrogen functional groups attached to an aromatic ring is 1. The van der Waals surface area contributed by atoms with Crippen molar-refractivity contribution in [2.24, 2.45) is 5.92 Å². The number of hydrogen-bond donors (Lipinski definition) is 1. The molecule has 5 heteroatoms. The quantitative estimate of drug-likeness (QED) is 0.910. The first-order valence-corrected chi connectivity index (χ1v) is 7.34. The van der Waals surface area contributed by atoms with E-state index in [1.54, 1.807) is 6.20 Å². The van der Waals surface area contributed by atoms with Crippen LogP contribution in [0.25, 0.3) is 0 Å². The van der Waals surface area contributed by atoms with Gasteiger partial charge in [0, 0.05) is 32.6 Å². The van der Waals surface area contributed by atoms with Crippen molar-refractivity contribution in [3.05, 3.63) is 18.3 Å². The average molecular weight is 276 g/mol.